The maximum absolute atomic E-state index is 12.5. The zero-order chi connectivity index (χ0) is 15.4. The molecular weight excluding hydrogens is 398 g/mol. The van der Waals surface area contributed by atoms with Crippen LogP contribution in [0.2, 0.25) is 0 Å². The summed E-state index contributed by atoms with van der Waals surface area (Å²) in [7, 11) is 1.55. The van der Waals surface area contributed by atoms with Gasteiger partial charge in [0, 0.05) is 15.0 Å². The number of amides is 1. The van der Waals surface area contributed by atoms with Crippen LogP contribution in [0.3, 0.4) is 0 Å². The number of rotatable bonds is 4. The first-order valence-corrected chi connectivity index (χ1v) is 8.11. The molecule has 0 fully saturated rings. The summed E-state index contributed by atoms with van der Waals surface area (Å²) in [6.45, 7) is 2.02. The molecule has 1 atom stereocenters. The van der Waals surface area contributed by atoms with Crippen LogP contribution in [0, 0.1) is 0 Å². The molecule has 0 spiro atoms. The predicted octanol–water partition coefficient (Wildman–Crippen LogP) is 5.17. The molecule has 2 rings (SSSR count). The Bertz CT molecular complexity index is 656. The summed E-state index contributed by atoms with van der Waals surface area (Å²) < 4.78 is 6.13. The molecule has 2 aromatic carbocycles. The summed E-state index contributed by atoms with van der Waals surface area (Å²) in [4.78, 5) is 12.6. The van der Waals surface area contributed by atoms with Gasteiger partial charge in [-0.15, -0.1) is 0 Å². The van der Waals surface area contributed by atoms with E-state index in [1.54, 1.807) is 19.2 Å². The monoisotopic (exact) mass is 411 g/mol. The van der Waals surface area contributed by atoms with Gasteiger partial charge in [-0.05, 0) is 36.8 Å². The van der Waals surface area contributed by atoms with Crippen LogP contribution in [-0.4, -0.2) is 13.0 Å². The van der Waals surface area contributed by atoms with Gasteiger partial charge in [0.25, 0.3) is 5.91 Å². The molecule has 5 heteroatoms. The van der Waals surface area contributed by atoms with Gasteiger partial charge in [-0.1, -0.05) is 50.1 Å². The molecule has 0 radical (unpaired) electrons. The molecule has 1 unspecified atom stereocenters. The fourth-order valence-electron chi connectivity index (χ4n) is 2.00. The van der Waals surface area contributed by atoms with E-state index >= 15 is 0 Å². The molecule has 0 bridgehead atoms. The number of carbonyl (C=O) groups is 1. The highest BCUT2D eigenvalue weighted by molar-refractivity contribution is 9.10. The molecule has 2 aromatic rings. The minimum absolute atomic E-state index is 0.154. The lowest BCUT2D eigenvalue weighted by Crippen LogP contribution is -2.14. The van der Waals surface area contributed by atoms with Crippen molar-refractivity contribution in [2.75, 3.05) is 12.4 Å². The van der Waals surface area contributed by atoms with Crippen molar-refractivity contribution in [3.8, 4) is 5.75 Å². The van der Waals surface area contributed by atoms with Crippen LogP contribution in [0.4, 0.5) is 5.69 Å². The molecule has 0 saturated carbocycles. The van der Waals surface area contributed by atoms with Crippen LogP contribution < -0.4 is 10.1 Å². The zero-order valence-corrected chi connectivity index (χ0v) is 14.9. The van der Waals surface area contributed by atoms with Crippen molar-refractivity contribution in [2.24, 2.45) is 0 Å². The number of nitrogens with one attached hydrogen (secondary N) is 1. The third-order valence-electron chi connectivity index (χ3n) is 3.05. The number of benzene rings is 2. The van der Waals surface area contributed by atoms with Gasteiger partial charge in [-0.3, -0.25) is 4.79 Å². The van der Waals surface area contributed by atoms with Gasteiger partial charge < -0.3 is 10.1 Å². The van der Waals surface area contributed by atoms with E-state index in [0.29, 0.717) is 11.3 Å². The first-order chi connectivity index (χ1) is 10.0. The van der Waals surface area contributed by atoms with Crippen molar-refractivity contribution >= 4 is 43.5 Å². The van der Waals surface area contributed by atoms with Crippen molar-refractivity contribution in [3.63, 3.8) is 0 Å². The first kappa shape index (κ1) is 16.0. The maximum atomic E-state index is 12.5. The third-order valence-corrected chi connectivity index (χ3v) is 4.03. The minimum atomic E-state index is -0.194. The van der Waals surface area contributed by atoms with Crippen LogP contribution in [0.25, 0.3) is 0 Å². The molecule has 0 saturated heterocycles. The number of alkyl halides is 1. The Morgan fingerprint density at radius 2 is 1.95 bits per heavy atom. The molecule has 0 aliphatic heterocycles. The van der Waals surface area contributed by atoms with Crippen molar-refractivity contribution < 1.29 is 9.53 Å². The number of halogens is 2. The van der Waals surface area contributed by atoms with E-state index in [1.165, 1.54) is 0 Å². The Morgan fingerprint density at radius 3 is 2.62 bits per heavy atom. The van der Waals surface area contributed by atoms with Crippen LogP contribution in [-0.2, 0) is 0 Å². The molecule has 1 amide bonds. The Labute approximate surface area is 141 Å². The summed E-state index contributed by atoms with van der Waals surface area (Å²) in [6, 6.07) is 13.0. The van der Waals surface area contributed by atoms with Gasteiger partial charge in [0.15, 0.2) is 0 Å². The Morgan fingerprint density at radius 1 is 1.24 bits per heavy atom. The number of hydrogen-bond acceptors (Lipinski definition) is 2. The molecule has 1 N–H and O–H groups in total. The van der Waals surface area contributed by atoms with E-state index in [1.807, 2.05) is 37.3 Å². The van der Waals surface area contributed by atoms with Gasteiger partial charge in [-0.2, -0.15) is 0 Å². The van der Waals surface area contributed by atoms with Crippen LogP contribution in [0.1, 0.15) is 27.7 Å². The van der Waals surface area contributed by atoms with Gasteiger partial charge in [0.1, 0.15) is 5.75 Å². The number of anilines is 1. The summed E-state index contributed by atoms with van der Waals surface area (Å²) in [5.74, 6) is 0.339. The summed E-state index contributed by atoms with van der Waals surface area (Å²) in [5, 5.41) is 2.94. The Hall–Kier alpha value is -1.33. The van der Waals surface area contributed by atoms with Crippen LogP contribution >= 0.6 is 31.9 Å². The minimum Gasteiger partial charge on any atom is -0.496 e. The third kappa shape index (κ3) is 3.86. The van der Waals surface area contributed by atoms with Crippen molar-refractivity contribution in [2.45, 2.75) is 11.8 Å². The average molecular weight is 413 g/mol. The number of methoxy groups -OCH3 is 1. The number of hydrogen-bond donors (Lipinski definition) is 1. The van der Waals surface area contributed by atoms with Crippen LogP contribution in [0.15, 0.2) is 46.9 Å². The second-order valence-electron chi connectivity index (χ2n) is 4.50. The second-order valence-corrected chi connectivity index (χ2v) is 6.79. The standard InChI is InChI=1S/C16H15Br2NO2/c1-10(17)12-5-3-4-6-14(12)19-16(20)13-8-7-11(18)9-15(13)21-2/h3-10H,1-2H3,(H,19,20). The Balaban J connectivity index is 2.31. The van der Waals surface area contributed by atoms with E-state index in [0.717, 1.165) is 15.7 Å². The summed E-state index contributed by atoms with van der Waals surface area (Å²) in [6.07, 6.45) is 0. The van der Waals surface area contributed by atoms with Gasteiger partial charge >= 0.3 is 0 Å². The fraction of sp³-hybridized carbons (Fsp3) is 0.188. The highest BCUT2D eigenvalue weighted by atomic mass is 79.9. The number of ether oxygens (including phenoxy) is 1. The Kier molecular flexibility index (Phi) is 5.42. The molecular formula is C16H15Br2NO2. The predicted molar refractivity (Wildman–Crippen MR) is 92.4 cm³/mol. The van der Waals surface area contributed by atoms with Crippen molar-refractivity contribution in [1.29, 1.82) is 0 Å². The van der Waals surface area contributed by atoms with Gasteiger partial charge in [-0.25, -0.2) is 0 Å². The van der Waals surface area contributed by atoms with Gasteiger partial charge in [0.05, 0.1) is 12.7 Å². The van der Waals surface area contributed by atoms with Crippen LogP contribution in [0.5, 0.6) is 5.75 Å². The molecule has 3 nitrogen and oxygen atoms in total. The topological polar surface area (TPSA) is 38.3 Å². The second kappa shape index (κ2) is 7.09. The van der Waals surface area contributed by atoms with E-state index in [-0.39, 0.29) is 10.7 Å². The van der Waals surface area contributed by atoms with E-state index in [4.69, 9.17) is 4.74 Å². The molecule has 21 heavy (non-hydrogen) atoms. The molecule has 0 aliphatic rings. The zero-order valence-electron chi connectivity index (χ0n) is 11.7. The molecule has 0 heterocycles. The smallest absolute Gasteiger partial charge is 0.259 e. The molecule has 0 aromatic heterocycles. The lowest BCUT2D eigenvalue weighted by atomic mass is 10.1. The van der Waals surface area contributed by atoms with Crippen molar-refractivity contribution in [3.05, 3.63) is 58.1 Å². The first-order valence-electron chi connectivity index (χ1n) is 6.41. The molecule has 0 aliphatic carbocycles. The lowest BCUT2D eigenvalue weighted by Gasteiger charge is -2.14. The largest absolute Gasteiger partial charge is 0.496 e. The van der Waals surface area contributed by atoms with Gasteiger partial charge in [0.2, 0.25) is 0 Å². The SMILES string of the molecule is COc1cc(Br)ccc1C(=O)Nc1ccccc1C(C)Br. The maximum Gasteiger partial charge on any atom is 0.259 e. The number of carbonyl (C=O) groups excluding carboxylic acids is 1. The fourth-order valence-corrected chi connectivity index (χ4v) is 2.74. The quantitative estimate of drug-likeness (QED) is 0.703. The number of para-hydroxylation sites is 1. The highest BCUT2D eigenvalue weighted by Crippen LogP contribution is 2.30. The van der Waals surface area contributed by atoms with E-state index < -0.39 is 0 Å². The lowest BCUT2D eigenvalue weighted by molar-refractivity contribution is 0.102. The van der Waals surface area contributed by atoms with E-state index in [9.17, 15) is 4.79 Å². The summed E-state index contributed by atoms with van der Waals surface area (Å²) >= 11 is 6.90. The molecule has 110 valence electrons. The van der Waals surface area contributed by atoms with Crippen molar-refractivity contribution in [1.82, 2.24) is 0 Å². The highest BCUT2D eigenvalue weighted by Gasteiger charge is 2.15. The summed E-state index contributed by atoms with van der Waals surface area (Å²) in [5.41, 5.74) is 2.32. The average Bonchev–Trinajstić information content (AvgIpc) is 2.47. The van der Waals surface area contributed by atoms with E-state index in [2.05, 4.69) is 37.2 Å². The normalized spacial score (nSPS) is 11.8.